The van der Waals surface area contributed by atoms with Gasteiger partial charge in [-0.25, -0.2) is 4.99 Å². The maximum atomic E-state index is 9.39. The number of methoxy groups -OCH3 is 2. The number of likely N-dealkylation sites (tertiary alicyclic amines) is 1. The third-order valence-corrected chi connectivity index (χ3v) is 4.87. The van der Waals surface area contributed by atoms with E-state index in [1.54, 1.807) is 19.2 Å². The van der Waals surface area contributed by atoms with Crippen LogP contribution in [0.4, 0.5) is 0 Å². The number of nitrogens with one attached hydrogen (secondary N) is 1. The van der Waals surface area contributed by atoms with Crippen molar-refractivity contribution in [3.63, 3.8) is 0 Å². The Balaban J connectivity index is 1.64. The largest absolute Gasteiger partial charge is 0.496 e. The molecule has 0 atom stereocenters. The Kier molecular flexibility index (Phi) is 4.47. The number of benzene rings is 1. The summed E-state index contributed by atoms with van der Waals surface area (Å²) in [6.45, 7) is 2.12. The highest BCUT2D eigenvalue weighted by Gasteiger charge is 2.22. The molecule has 0 bridgehead atoms. The summed E-state index contributed by atoms with van der Waals surface area (Å²) < 4.78 is 10.8. The summed E-state index contributed by atoms with van der Waals surface area (Å²) in [5.74, 6) is 2.95. The summed E-state index contributed by atoms with van der Waals surface area (Å²) >= 11 is 0. The molecule has 3 aliphatic rings. The molecule has 27 heavy (non-hydrogen) atoms. The fourth-order valence-corrected chi connectivity index (χ4v) is 3.44. The first-order valence-corrected chi connectivity index (χ1v) is 8.88. The molecule has 3 aliphatic heterocycles. The Hall–Kier alpha value is -3.40. The Bertz CT molecular complexity index is 917. The summed E-state index contributed by atoms with van der Waals surface area (Å²) in [5.41, 5.74) is 2.06. The number of hydrogen-bond donors (Lipinski definition) is 1. The van der Waals surface area contributed by atoms with Gasteiger partial charge in [-0.1, -0.05) is 0 Å². The van der Waals surface area contributed by atoms with Crippen LogP contribution in [0.1, 0.15) is 24.0 Å². The molecule has 3 heterocycles. The van der Waals surface area contributed by atoms with E-state index in [1.165, 1.54) is 20.0 Å². The van der Waals surface area contributed by atoms with Crippen molar-refractivity contribution in [2.75, 3.05) is 27.3 Å². The summed E-state index contributed by atoms with van der Waals surface area (Å²) in [5, 5.41) is 12.7. The smallest absolute Gasteiger partial charge is 0.155 e. The molecule has 1 aromatic rings. The normalized spacial score (nSPS) is 18.0. The molecule has 1 saturated heterocycles. The molecule has 7 heteroatoms. The van der Waals surface area contributed by atoms with Gasteiger partial charge in [-0.2, -0.15) is 5.26 Å². The van der Waals surface area contributed by atoms with E-state index < -0.39 is 0 Å². The van der Waals surface area contributed by atoms with E-state index in [9.17, 15) is 5.26 Å². The molecule has 0 radical (unpaired) electrons. The lowest BCUT2D eigenvalue weighted by molar-refractivity contribution is 0.392. The molecule has 0 spiro atoms. The second-order valence-electron chi connectivity index (χ2n) is 6.44. The molecule has 0 unspecified atom stereocenters. The lowest BCUT2D eigenvalue weighted by Gasteiger charge is -2.29. The van der Waals surface area contributed by atoms with Crippen LogP contribution < -0.4 is 14.8 Å². The van der Waals surface area contributed by atoms with E-state index >= 15 is 0 Å². The zero-order chi connectivity index (χ0) is 18.8. The maximum Gasteiger partial charge on any atom is 0.155 e. The Morgan fingerprint density at radius 2 is 1.93 bits per heavy atom. The predicted molar refractivity (Wildman–Crippen MR) is 103 cm³/mol. The fourth-order valence-electron chi connectivity index (χ4n) is 3.44. The highest BCUT2D eigenvalue weighted by atomic mass is 16.5. The van der Waals surface area contributed by atoms with Gasteiger partial charge < -0.3 is 24.6 Å². The molecule has 7 nitrogen and oxygen atoms in total. The molecule has 138 valence electrons. The van der Waals surface area contributed by atoms with Gasteiger partial charge in [0.1, 0.15) is 23.4 Å². The summed E-state index contributed by atoms with van der Waals surface area (Å²) in [7, 11) is 3.14. The number of hydrogen-bond acceptors (Lipinski definition) is 7. The third kappa shape index (κ3) is 3.10. The van der Waals surface area contributed by atoms with Crippen molar-refractivity contribution in [3.05, 3.63) is 53.8 Å². The van der Waals surface area contributed by atoms with Crippen LogP contribution in [0.2, 0.25) is 0 Å². The minimum absolute atomic E-state index is 0.453. The highest BCUT2D eigenvalue weighted by molar-refractivity contribution is 5.94. The Morgan fingerprint density at radius 3 is 2.63 bits per heavy atom. The topological polar surface area (TPSA) is 73.1 Å². The minimum atomic E-state index is 0.453. The van der Waals surface area contributed by atoms with Gasteiger partial charge in [0.05, 0.1) is 25.5 Å². The molecule has 0 saturated carbocycles. The molecule has 1 fully saturated rings. The van der Waals surface area contributed by atoms with Gasteiger partial charge in [-0.3, -0.25) is 0 Å². The average Bonchev–Trinajstić information content (AvgIpc) is 3.26. The van der Waals surface area contributed by atoms with E-state index in [0.29, 0.717) is 17.1 Å². The van der Waals surface area contributed by atoms with Crippen molar-refractivity contribution in [1.82, 2.24) is 15.1 Å². The second kappa shape index (κ2) is 7.08. The van der Waals surface area contributed by atoms with Crippen LogP contribution in [0.15, 0.2) is 47.6 Å². The van der Waals surface area contributed by atoms with Crippen LogP contribution in [0.25, 0.3) is 5.70 Å². The van der Waals surface area contributed by atoms with Gasteiger partial charge >= 0.3 is 0 Å². The third-order valence-electron chi connectivity index (χ3n) is 4.87. The number of fused-ring (bicyclic) bond motifs is 1. The fraction of sp³-hybridized carbons (Fsp3) is 0.300. The van der Waals surface area contributed by atoms with Gasteiger partial charge in [-0.05, 0) is 25.0 Å². The quantitative estimate of drug-likeness (QED) is 0.890. The van der Waals surface area contributed by atoms with Crippen molar-refractivity contribution in [2.24, 2.45) is 4.99 Å². The predicted octanol–water partition coefficient (Wildman–Crippen LogP) is 2.60. The van der Waals surface area contributed by atoms with Crippen molar-refractivity contribution < 1.29 is 9.47 Å². The zero-order valence-electron chi connectivity index (χ0n) is 15.4. The van der Waals surface area contributed by atoms with E-state index in [1.807, 2.05) is 29.6 Å². The van der Waals surface area contributed by atoms with Crippen molar-refractivity contribution in [3.8, 4) is 17.6 Å². The maximum absolute atomic E-state index is 9.39. The number of nitrogens with zero attached hydrogens (tertiary/aromatic N) is 4. The number of rotatable bonds is 3. The Morgan fingerprint density at radius 1 is 1.15 bits per heavy atom. The van der Waals surface area contributed by atoms with Crippen LogP contribution in [0.3, 0.4) is 0 Å². The number of aliphatic imine (C=N–C) groups is 1. The van der Waals surface area contributed by atoms with Gasteiger partial charge in [0.25, 0.3) is 0 Å². The van der Waals surface area contributed by atoms with E-state index in [0.717, 1.165) is 36.0 Å². The van der Waals surface area contributed by atoms with Crippen LogP contribution in [0.5, 0.6) is 11.5 Å². The average molecular weight is 363 g/mol. The van der Waals surface area contributed by atoms with Crippen LogP contribution in [-0.4, -0.2) is 42.9 Å². The molecular formula is C20H21N5O2. The van der Waals surface area contributed by atoms with E-state index in [2.05, 4.69) is 16.3 Å². The Labute approximate surface area is 158 Å². The second-order valence-corrected chi connectivity index (χ2v) is 6.44. The molecule has 1 N–H and O–H groups in total. The van der Waals surface area contributed by atoms with Gasteiger partial charge in [0.2, 0.25) is 0 Å². The van der Waals surface area contributed by atoms with Crippen molar-refractivity contribution in [2.45, 2.75) is 12.8 Å². The molecule has 0 amide bonds. The van der Waals surface area contributed by atoms with Gasteiger partial charge in [0.15, 0.2) is 5.82 Å². The molecule has 4 rings (SSSR count). The molecule has 1 aromatic carbocycles. The van der Waals surface area contributed by atoms with Gasteiger partial charge in [-0.15, -0.1) is 0 Å². The van der Waals surface area contributed by atoms with E-state index in [-0.39, 0.29) is 0 Å². The summed E-state index contributed by atoms with van der Waals surface area (Å²) in [6, 6.07) is 5.66. The minimum Gasteiger partial charge on any atom is -0.496 e. The summed E-state index contributed by atoms with van der Waals surface area (Å²) in [6.07, 6.45) is 10.3. The lowest BCUT2D eigenvalue weighted by atomic mass is 10.1. The number of nitriles is 1. The van der Waals surface area contributed by atoms with Crippen LogP contribution >= 0.6 is 0 Å². The molecular weight excluding hydrogens is 342 g/mol. The molecule has 0 aromatic heterocycles. The van der Waals surface area contributed by atoms with Crippen LogP contribution in [0, 0.1) is 11.3 Å². The van der Waals surface area contributed by atoms with Gasteiger partial charge in [0, 0.05) is 43.3 Å². The standard InChI is InChI=1S/C20H21N5O2/c1-26-17-10-18(27-2)15(9-14(17)11-21)16-13-25-8-5-19(23-20(25)12-22-16)24-6-3-4-7-24/h5,8-10,12-13,22H,3-4,6-7H2,1-2H3. The SMILES string of the molecule is COc1cc(OC)c(C2=CN3C=CC(N4CCCC4)=NC3=CN2)cc1C#N. The van der Waals surface area contributed by atoms with E-state index in [4.69, 9.17) is 14.5 Å². The summed E-state index contributed by atoms with van der Waals surface area (Å²) in [4.78, 5) is 9.01. The number of ether oxygens (including phenoxy) is 2. The van der Waals surface area contributed by atoms with Crippen LogP contribution in [-0.2, 0) is 0 Å². The first kappa shape index (κ1) is 17.0. The monoisotopic (exact) mass is 363 g/mol. The lowest BCUT2D eigenvalue weighted by Crippen LogP contribution is -2.31. The zero-order valence-corrected chi connectivity index (χ0v) is 15.4. The van der Waals surface area contributed by atoms with Crippen molar-refractivity contribution >= 4 is 11.5 Å². The molecule has 0 aliphatic carbocycles. The highest BCUT2D eigenvalue weighted by Crippen LogP contribution is 2.34. The first-order chi connectivity index (χ1) is 13.2. The first-order valence-electron chi connectivity index (χ1n) is 8.88. The van der Waals surface area contributed by atoms with Crippen molar-refractivity contribution in [1.29, 1.82) is 5.26 Å². The number of amidine groups is 1.